The fraction of sp³-hybridized carbons (Fsp3) is 0.730. The van der Waals surface area contributed by atoms with Crippen LogP contribution in [0.5, 0.6) is 0 Å². The van der Waals surface area contributed by atoms with Gasteiger partial charge < -0.3 is 15.5 Å². The van der Waals surface area contributed by atoms with Crippen molar-refractivity contribution in [1.29, 1.82) is 0 Å². The molecular formula is C37H55NO4. The molecule has 1 aromatic carbocycles. The first-order valence-corrected chi connectivity index (χ1v) is 16.7. The summed E-state index contributed by atoms with van der Waals surface area (Å²) in [5, 5.41) is 23.7. The maximum atomic E-state index is 14.0. The van der Waals surface area contributed by atoms with Gasteiger partial charge in [-0.2, -0.15) is 0 Å². The van der Waals surface area contributed by atoms with Crippen molar-refractivity contribution in [3.05, 3.63) is 48.0 Å². The molecule has 1 aromatic rings. The zero-order chi connectivity index (χ0) is 30.5. The van der Waals surface area contributed by atoms with Crippen molar-refractivity contribution in [2.45, 2.75) is 118 Å². The number of hydrogen-bond acceptors (Lipinski definition) is 3. The number of amides is 1. The van der Waals surface area contributed by atoms with E-state index in [0.29, 0.717) is 46.0 Å². The Morgan fingerprint density at radius 2 is 1.60 bits per heavy atom. The van der Waals surface area contributed by atoms with E-state index >= 15 is 0 Å². The molecular weight excluding hydrogens is 522 g/mol. The van der Waals surface area contributed by atoms with Crippen molar-refractivity contribution in [3.8, 4) is 0 Å². The summed E-state index contributed by atoms with van der Waals surface area (Å²) in [6.07, 6.45) is 14.0. The minimum atomic E-state index is -0.943. The molecule has 0 aromatic heterocycles. The molecule has 5 nitrogen and oxygen atoms in total. The van der Waals surface area contributed by atoms with Crippen LogP contribution in [0.2, 0.25) is 0 Å². The van der Waals surface area contributed by atoms with Crippen molar-refractivity contribution < 1.29 is 19.8 Å². The molecule has 5 fully saturated rings. The Bertz CT molecular complexity index is 1190. The maximum Gasteiger partial charge on any atom is 0.336 e. The number of fused-ring (bicyclic) bond motifs is 7. The lowest BCUT2D eigenvalue weighted by molar-refractivity contribution is -0.214. The van der Waals surface area contributed by atoms with Gasteiger partial charge in [-0.25, -0.2) is 4.79 Å². The summed E-state index contributed by atoms with van der Waals surface area (Å²) in [5.41, 5.74) is 1.25. The molecule has 42 heavy (non-hydrogen) atoms. The second-order valence-electron chi connectivity index (χ2n) is 15.6. The highest BCUT2D eigenvalue weighted by molar-refractivity contribution is 5.90. The van der Waals surface area contributed by atoms with Crippen molar-refractivity contribution >= 4 is 11.9 Å². The zero-order valence-electron chi connectivity index (χ0n) is 26.8. The van der Waals surface area contributed by atoms with Gasteiger partial charge in [-0.1, -0.05) is 58.4 Å². The smallest absolute Gasteiger partial charge is 0.336 e. The Morgan fingerprint density at radius 3 is 2.31 bits per heavy atom. The lowest BCUT2D eigenvalue weighted by atomic mass is 9.36. The first kappa shape index (κ1) is 31.3. The van der Waals surface area contributed by atoms with Crippen LogP contribution in [-0.2, 0) is 11.3 Å². The van der Waals surface area contributed by atoms with E-state index in [2.05, 4.69) is 39.6 Å². The van der Waals surface area contributed by atoms with E-state index in [1.165, 1.54) is 25.7 Å². The van der Waals surface area contributed by atoms with Gasteiger partial charge in [0.1, 0.15) is 0 Å². The number of aromatic carboxylic acids is 1. The van der Waals surface area contributed by atoms with Crippen LogP contribution in [0.25, 0.3) is 0 Å². The highest BCUT2D eigenvalue weighted by atomic mass is 16.4. The van der Waals surface area contributed by atoms with E-state index in [0.717, 1.165) is 44.9 Å². The molecule has 5 aliphatic rings. The molecule has 9 unspecified atom stereocenters. The molecule has 5 saturated carbocycles. The third-order valence-corrected chi connectivity index (χ3v) is 13.6. The molecule has 0 radical (unpaired) electrons. The van der Waals surface area contributed by atoms with Crippen LogP contribution in [0, 0.1) is 51.2 Å². The number of benzene rings is 1. The Hall–Kier alpha value is -2.14. The number of allylic oxidation sites excluding steroid dienone is 1. The van der Waals surface area contributed by atoms with E-state index in [1.54, 1.807) is 18.2 Å². The monoisotopic (exact) mass is 577 g/mol. The van der Waals surface area contributed by atoms with Crippen molar-refractivity contribution in [1.82, 2.24) is 5.32 Å². The predicted octanol–water partition coefficient (Wildman–Crippen LogP) is 8.02. The third kappa shape index (κ3) is 4.77. The second-order valence-corrected chi connectivity index (χ2v) is 15.6. The van der Waals surface area contributed by atoms with Gasteiger partial charge in [0.2, 0.25) is 5.91 Å². The molecule has 3 N–H and O–H groups in total. The van der Waals surface area contributed by atoms with Crippen molar-refractivity contribution in [2.75, 3.05) is 0 Å². The van der Waals surface area contributed by atoms with Crippen LogP contribution in [0.1, 0.15) is 121 Å². The summed E-state index contributed by atoms with van der Waals surface area (Å²) in [4.78, 5) is 25.6. The van der Waals surface area contributed by atoms with Gasteiger partial charge in [-0.15, -0.1) is 6.58 Å². The Balaban J connectivity index is 0.00000113. The van der Waals surface area contributed by atoms with Crippen LogP contribution in [-0.4, -0.2) is 28.2 Å². The molecule has 0 aliphatic heterocycles. The first-order chi connectivity index (χ1) is 19.9. The van der Waals surface area contributed by atoms with Gasteiger partial charge in [0, 0.05) is 6.54 Å². The second kappa shape index (κ2) is 11.4. The van der Waals surface area contributed by atoms with Gasteiger partial charge in [-0.05, 0) is 129 Å². The van der Waals surface area contributed by atoms with Gasteiger partial charge in [0.15, 0.2) is 0 Å². The summed E-state index contributed by atoms with van der Waals surface area (Å²) >= 11 is 0. The number of carbonyl (C=O) groups is 2. The normalized spacial score (nSPS) is 41.5. The van der Waals surface area contributed by atoms with Crippen LogP contribution in [0.4, 0.5) is 0 Å². The number of carboxylic acids is 1. The van der Waals surface area contributed by atoms with Gasteiger partial charge in [0.05, 0.1) is 17.1 Å². The summed E-state index contributed by atoms with van der Waals surface area (Å²) in [7, 11) is 0. The summed E-state index contributed by atoms with van der Waals surface area (Å²) < 4.78 is 0. The average Bonchev–Trinajstić information content (AvgIpc) is 3.40. The average molecular weight is 578 g/mol. The fourth-order valence-electron chi connectivity index (χ4n) is 11.8. The number of aliphatic hydroxyl groups excluding tert-OH is 1. The van der Waals surface area contributed by atoms with Gasteiger partial charge in [-0.3, -0.25) is 4.79 Å². The standard InChI is InChI=1S/C34H49NO4.C3H6/c1-31(2)26-14-17-32(3)24-13-19-34(30(39)35-20-21-8-5-6-9-22(21)29(37)38)16-7-10-25(34)23(24)11-12-27(32)33(26,4)18-15-28(31)36;1-3-2/h5-6,8-9,23-28,36H,7,10-20H2,1-4H3,(H,35,39)(H,37,38);3H,1H2,2H3. The predicted molar refractivity (Wildman–Crippen MR) is 168 cm³/mol. The molecule has 5 heteroatoms. The largest absolute Gasteiger partial charge is 0.478 e. The maximum absolute atomic E-state index is 14.0. The Kier molecular flexibility index (Phi) is 8.50. The number of rotatable bonds is 4. The quantitative estimate of drug-likeness (QED) is 0.316. The van der Waals surface area contributed by atoms with Gasteiger partial charge in [0.25, 0.3) is 0 Å². The molecule has 9 atom stereocenters. The zero-order valence-corrected chi connectivity index (χ0v) is 26.8. The minimum Gasteiger partial charge on any atom is -0.478 e. The van der Waals surface area contributed by atoms with Crippen molar-refractivity contribution in [3.63, 3.8) is 0 Å². The Morgan fingerprint density at radius 1 is 0.905 bits per heavy atom. The minimum absolute atomic E-state index is 0.0182. The number of carbonyl (C=O) groups excluding carboxylic acids is 1. The third-order valence-electron chi connectivity index (χ3n) is 13.6. The van der Waals surface area contributed by atoms with E-state index in [9.17, 15) is 19.8 Å². The first-order valence-electron chi connectivity index (χ1n) is 16.7. The van der Waals surface area contributed by atoms with Crippen LogP contribution >= 0.6 is 0 Å². The van der Waals surface area contributed by atoms with Gasteiger partial charge >= 0.3 is 5.97 Å². The van der Waals surface area contributed by atoms with E-state index in [1.807, 2.05) is 19.1 Å². The van der Waals surface area contributed by atoms with Crippen LogP contribution in [0.3, 0.4) is 0 Å². The van der Waals surface area contributed by atoms with E-state index < -0.39 is 5.97 Å². The molecule has 0 bridgehead atoms. The molecule has 0 heterocycles. The molecule has 232 valence electrons. The molecule has 6 rings (SSSR count). The molecule has 5 aliphatic carbocycles. The lowest BCUT2D eigenvalue weighted by Crippen LogP contribution is -2.63. The molecule has 0 spiro atoms. The topological polar surface area (TPSA) is 86.6 Å². The summed E-state index contributed by atoms with van der Waals surface area (Å²) in [6.45, 7) is 15.3. The van der Waals surface area contributed by atoms with Crippen LogP contribution < -0.4 is 5.32 Å². The van der Waals surface area contributed by atoms with Crippen LogP contribution in [0.15, 0.2) is 36.9 Å². The summed E-state index contributed by atoms with van der Waals surface area (Å²) in [6, 6.07) is 7.02. The van der Waals surface area contributed by atoms with E-state index in [-0.39, 0.29) is 34.9 Å². The molecule has 1 amide bonds. The summed E-state index contributed by atoms with van der Waals surface area (Å²) in [5.74, 6) is 2.24. The Labute approximate surface area is 253 Å². The number of nitrogens with one attached hydrogen (secondary N) is 1. The lowest BCUT2D eigenvalue weighted by Gasteiger charge is -2.69. The SMILES string of the molecule is C=CC.CC1(C)C(O)CCC2(C)C1CCC1(C)C3CCC4(C(=O)NCc5ccccc5C(=O)O)CCCC4C3CCC12. The fourth-order valence-corrected chi connectivity index (χ4v) is 11.8. The number of hydrogen-bond donors (Lipinski definition) is 3. The van der Waals surface area contributed by atoms with Crippen molar-refractivity contribution in [2.24, 2.45) is 51.2 Å². The highest BCUT2D eigenvalue weighted by Crippen LogP contribution is 2.73. The highest BCUT2D eigenvalue weighted by Gasteiger charge is 2.67. The van der Waals surface area contributed by atoms with E-state index in [4.69, 9.17) is 0 Å². The number of aliphatic hydroxyl groups is 1. The molecule has 0 saturated heterocycles. The number of carboxylic acid groups (broad SMARTS) is 1.